The van der Waals surface area contributed by atoms with Crippen LogP contribution < -0.4 is 5.30 Å². The molecule has 0 aromatic heterocycles. The van der Waals surface area contributed by atoms with E-state index in [0.717, 1.165) is 23.0 Å². The number of hydrogen-bond acceptors (Lipinski definition) is 1. The van der Waals surface area contributed by atoms with Crippen LogP contribution in [0.2, 0.25) is 0 Å². The topological polar surface area (TPSA) is 20.3 Å². The third kappa shape index (κ3) is 6.13. The van der Waals surface area contributed by atoms with Crippen molar-refractivity contribution < 1.29 is 30.6 Å². The normalized spacial score (nSPS) is 36.6. The van der Waals surface area contributed by atoms with Gasteiger partial charge in [-0.3, -0.25) is 0 Å². The van der Waals surface area contributed by atoms with E-state index >= 15 is 0 Å². The first-order chi connectivity index (χ1) is 23.3. The summed E-state index contributed by atoms with van der Waals surface area (Å²) in [4.78, 5) is 0. The molecule has 0 N–H and O–H groups in total. The summed E-state index contributed by atoms with van der Waals surface area (Å²) in [6.45, 7) is 5.40. The molecule has 8 aliphatic carbocycles. The van der Waals surface area contributed by atoms with Crippen LogP contribution in [0.25, 0.3) is 0 Å². The molecule has 8 fully saturated rings. The van der Waals surface area contributed by atoms with Crippen molar-refractivity contribution >= 4 is 24.2 Å². The van der Waals surface area contributed by atoms with E-state index in [1.54, 1.807) is 32.1 Å². The minimum Gasteiger partial charge on any atom is -0.242 e. The van der Waals surface area contributed by atoms with Gasteiger partial charge in [0.1, 0.15) is 11.0 Å². The molecule has 274 valence electrons. The number of rotatable bonds is 7. The molecule has 0 aliphatic heterocycles. The van der Waals surface area contributed by atoms with E-state index in [-0.39, 0.29) is 21.9 Å². The zero-order valence-electron chi connectivity index (χ0n) is 29.5. The Morgan fingerprint density at radius 3 is 1.42 bits per heavy atom. The Balaban J connectivity index is 1.36. The Morgan fingerprint density at radius 1 is 0.680 bits per heavy atom. The molecule has 0 heterocycles. The van der Waals surface area contributed by atoms with E-state index in [1.807, 2.05) is 18.2 Å². The maximum atomic E-state index is 14.4. The lowest BCUT2D eigenvalue weighted by atomic mass is 9.55. The standard InChI is InChI=1S/C40H50F6NOPS/c1-36(2,3)50(48)47(4)35(30-15-31(39(41,42)43)17-32(16-30)40(44,45)46)33-7-5-6-8-34(33)49(37-18-24-9-25(19-37)11-26(10-24)20-37)38-21-27-12-28(22-38)14-29(13-27)23-38/h5-8,15-17,24-29,35H,9-14,18-23H2,1-4H3/t24?,25?,26?,27?,28?,29?,35-,37?,38?,49?,50?/m1/s1. The van der Waals surface area contributed by atoms with Gasteiger partial charge in [-0.15, -0.1) is 0 Å². The quantitative estimate of drug-likeness (QED) is 0.205. The molecule has 8 saturated carbocycles. The molecular weight excluding hydrogens is 687 g/mol. The summed E-state index contributed by atoms with van der Waals surface area (Å²) >= 11 is 0. The Hall–Kier alpha value is -1.44. The Bertz CT molecular complexity index is 1520. The zero-order valence-corrected chi connectivity index (χ0v) is 31.3. The van der Waals surface area contributed by atoms with Crippen molar-refractivity contribution in [3.05, 3.63) is 64.7 Å². The largest absolute Gasteiger partial charge is 0.416 e. The van der Waals surface area contributed by atoms with Crippen LogP contribution in [0.1, 0.15) is 126 Å². The first kappa shape index (κ1) is 35.6. The average molecular weight is 738 g/mol. The second-order valence-corrected chi connectivity index (χ2v) is 23.7. The van der Waals surface area contributed by atoms with Gasteiger partial charge in [-0.1, -0.05) is 32.2 Å². The monoisotopic (exact) mass is 737 g/mol. The molecular formula is C40H50F6NOPS. The van der Waals surface area contributed by atoms with Gasteiger partial charge in [-0.05, 0) is 178 Å². The maximum Gasteiger partial charge on any atom is 0.416 e. The van der Waals surface area contributed by atoms with Crippen molar-refractivity contribution in [2.45, 2.75) is 131 Å². The van der Waals surface area contributed by atoms with Crippen LogP contribution in [-0.2, 0) is 23.3 Å². The van der Waals surface area contributed by atoms with Crippen molar-refractivity contribution in [1.82, 2.24) is 4.31 Å². The highest BCUT2D eigenvalue weighted by molar-refractivity contribution is 7.84. The third-order valence-electron chi connectivity index (χ3n) is 13.5. The summed E-state index contributed by atoms with van der Waals surface area (Å²) in [5, 5.41) is 1.41. The summed E-state index contributed by atoms with van der Waals surface area (Å²) in [5.74, 6) is 4.23. The first-order valence-corrected chi connectivity index (χ1v) is 21.1. The summed E-state index contributed by atoms with van der Waals surface area (Å²) in [7, 11) is -0.964. The van der Waals surface area contributed by atoms with Crippen LogP contribution in [0, 0.1) is 35.5 Å². The van der Waals surface area contributed by atoms with Crippen LogP contribution in [0.5, 0.6) is 0 Å². The van der Waals surface area contributed by atoms with Crippen LogP contribution >= 0.6 is 7.92 Å². The van der Waals surface area contributed by atoms with Crippen LogP contribution in [-0.4, -0.2) is 30.6 Å². The van der Waals surface area contributed by atoms with E-state index in [1.165, 1.54) is 77.0 Å². The van der Waals surface area contributed by atoms with Crippen molar-refractivity contribution in [2.75, 3.05) is 7.05 Å². The van der Waals surface area contributed by atoms with Crippen LogP contribution in [0.4, 0.5) is 26.3 Å². The SMILES string of the molecule is CN([C@H](c1cc(C(F)(F)F)cc(C(F)(F)F)c1)c1ccccc1P(C12CC3CC(CC(C3)C1)C2)C12CC3CC(CC(C3)C1)C2)S(=O)C(C)(C)C. The van der Waals surface area contributed by atoms with Crippen molar-refractivity contribution in [1.29, 1.82) is 0 Å². The minimum absolute atomic E-state index is 0.106. The average Bonchev–Trinajstić information content (AvgIpc) is 2.98. The Labute approximate surface area is 296 Å². The fraction of sp³-hybridized carbons (Fsp3) is 0.700. The van der Waals surface area contributed by atoms with Gasteiger partial charge in [-0.25, -0.2) is 8.51 Å². The van der Waals surface area contributed by atoms with Crippen molar-refractivity contribution in [3.63, 3.8) is 0 Å². The van der Waals surface area contributed by atoms with Gasteiger partial charge in [0, 0.05) is 7.05 Å². The first-order valence-electron chi connectivity index (χ1n) is 18.7. The van der Waals surface area contributed by atoms with E-state index in [9.17, 15) is 30.6 Å². The molecule has 10 heteroatoms. The number of halogens is 6. The fourth-order valence-corrected chi connectivity index (χ4v) is 19.5. The second-order valence-electron chi connectivity index (χ2n) is 18.3. The van der Waals surface area contributed by atoms with Crippen LogP contribution in [0.3, 0.4) is 0 Å². The lowest BCUT2D eigenvalue weighted by molar-refractivity contribution is -0.143. The predicted molar refractivity (Wildman–Crippen MR) is 189 cm³/mol. The third-order valence-corrected chi connectivity index (χ3v) is 19.2. The minimum atomic E-state index is -4.98. The zero-order chi connectivity index (χ0) is 35.6. The lowest BCUT2D eigenvalue weighted by Gasteiger charge is -2.67. The Kier molecular flexibility index (Phi) is 8.56. The van der Waals surface area contributed by atoms with Crippen molar-refractivity contribution in [2.24, 2.45) is 35.5 Å². The molecule has 8 aliphatic rings. The fourth-order valence-electron chi connectivity index (χ4n) is 12.9. The van der Waals surface area contributed by atoms with E-state index < -0.39 is 53.2 Å². The van der Waals surface area contributed by atoms with Gasteiger partial charge in [0.2, 0.25) is 0 Å². The van der Waals surface area contributed by atoms with Gasteiger partial charge in [-0.2, -0.15) is 26.3 Å². The van der Waals surface area contributed by atoms with E-state index in [2.05, 4.69) is 6.07 Å². The molecule has 2 nitrogen and oxygen atoms in total. The number of hydrogen-bond donors (Lipinski definition) is 0. The molecule has 0 amide bonds. The highest BCUT2D eigenvalue weighted by Gasteiger charge is 2.63. The summed E-state index contributed by atoms with van der Waals surface area (Å²) < 4.78 is 101. The van der Waals surface area contributed by atoms with E-state index in [4.69, 9.17) is 0 Å². The molecule has 10 rings (SSSR count). The highest BCUT2D eigenvalue weighted by atomic mass is 32.2. The summed E-state index contributed by atoms with van der Waals surface area (Å²) in [6, 6.07) is 8.98. The molecule has 0 spiro atoms. The highest BCUT2D eigenvalue weighted by Crippen LogP contribution is 2.78. The van der Waals surface area contributed by atoms with Gasteiger partial charge in [0.05, 0.1) is 21.9 Å². The molecule has 2 atom stereocenters. The summed E-state index contributed by atoms with van der Waals surface area (Å²) in [6.07, 6.45) is 4.97. The maximum absolute atomic E-state index is 14.4. The van der Waals surface area contributed by atoms with Gasteiger partial charge in [0.25, 0.3) is 0 Å². The second kappa shape index (κ2) is 12.0. The number of benzene rings is 2. The van der Waals surface area contributed by atoms with Crippen LogP contribution in [0.15, 0.2) is 42.5 Å². The predicted octanol–water partition coefficient (Wildman–Crippen LogP) is 11.3. The Morgan fingerprint density at radius 2 is 1.06 bits per heavy atom. The van der Waals surface area contributed by atoms with Gasteiger partial charge >= 0.3 is 12.4 Å². The molecule has 0 saturated heterocycles. The number of nitrogens with zero attached hydrogens (tertiary/aromatic N) is 1. The lowest BCUT2D eigenvalue weighted by Crippen LogP contribution is -2.58. The smallest absolute Gasteiger partial charge is 0.242 e. The summed E-state index contributed by atoms with van der Waals surface area (Å²) in [5.41, 5.74) is -2.02. The molecule has 8 bridgehead atoms. The molecule has 2 aromatic carbocycles. The van der Waals surface area contributed by atoms with E-state index in [0.29, 0.717) is 35.5 Å². The number of alkyl halides is 6. The molecule has 1 unspecified atom stereocenters. The molecule has 2 aromatic rings. The molecule has 0 radical (unpaired) electrons. The molecule has 50 heavy (non-hydrogen) atoms. The van der Waals surface area contributed by atoms with Gasteiger partial charge < -0.3 is 0 Å². The van der Waals surface area contributed by atoms with Crippen molar-refractivity contribution in [3.8, 4) is 0 Å². The van der Waals surface area contributed by atoms with Gasteiger partial charge in [0.15, 0.2) is 0 Å².